The van der Waals surface area contributed by atoms with Crippen LogP contribution in [0.4, 0.5) is 17.2 Å². The van der Waals surface area contributed by atoms with E-state index in [-0.39, 0.29) is 34.7 Å². The Bertz CT molecular complexity index is 1490. The van der Waals surface area contributed by atoms with Gasteiger partial charge in [-0.2, -0.15) is 5.10 Å². The molecular formula is C25H33B3N8O6. The van der Waals surface area contributed by atoms with Crippen molar-refractivity contribution in [3.63, 3.8) is 0 Å². The monoisotopic (exact) mass is 574 g/mol. The number of aromatic nitrogens is 4. The Kier molecular flexibility index (Phi) is 9.22. The van der Waals surface area contributed by atoms with Gasteiger partial charge in [-0.15, -0.1) is 10.2 Å². The van der Waals surface area contributed by atoms with Gasteiger partial charge in [-0.25, -0.2) is 0 Å². The first kappa shape index (κ1) is 30.6. The maximum absolute atomic E-state index is 13.1. The van der Waals surface area contributed by atoms with E-state index in [0.717, 1.165) is 12.8 Å². The summed E-state index contributed by atoms with van der Waals surface area (Å²) in [6, 6.07) is 7.54. The molecule has 3 amide bonds. The Morgan fingerprint density at radius 2 is 1.81 bits per heavy atom. The molecule has 0 atom stereocenters. The number of amides is 3. The summed E-state index contributed by atoms with van der Waals surface area (Å²) in [7, 11) is 8.61. The van der Waals surface area contributed by atoms with Crippen LogP contribution in [0.5, 0.6) is 5.75 Å². The molecule has 2 aromatic heterocycles. The lowest BCUT2D eigenvalue weighted by molar-refractivity contribution is -0.117. The number of nitrogens with one attached hydrogen (secondary N) is 4. The van der Waals surface area contributed by atoms with Crippen molar-refractivity contribution in [2.45, 2.75) is 24.1 Å². The fourth-order valence-corrected chi connectivity index (χ4v) is 4.11. The number of carbonyl (C=O) groups excluding carboxylic acids is 3. The third-order valence-electron chi connectivity index (χ3n) is 6.35. The normalized spacial score (nSPS) is 13.0. The minimum Gasteiger partial charge on any atom is -0.494 e. The third-order valence-corrected chi connectivity index (χ3v) is 6.35. The number of aryl methyl sites for hydroxylation is 1. The number of methoxy groups -OCH3 is 1. The number of carbonyl (C=O) groups is 3. The van der Waals surface area contributed by atoms with E-state index in [1.807, 2.05) is 23.5 Å². The van der Waals surface area contributed by atoms with E-state index in [4.69, 9.17) is 4.74 Å². The zero-order valence-electron chi connectivity index (χ0n) is 24.2. The quantitative estimate of drug-likeness (QED) is 0.124. The summed E-state index contributed by atoms with van der Waals surface area (Å²) in [5, 5.41) is 42.1. The molecule has 42 heavy (non-hydrogen) atoms. The van der Waals surface area contributed by atoms with Crippen molar-refractivity contribution in [1.82, 2.24) is 30.6 Å². The zero-order chi connectivity index (χ0) is 30.6. The van der Waals surface area contributed by atoms with E-state index in [9.17, 15) is 24.6 Å². The molecular weight excluding hydrogens is 541 g/mol. The van der Waals surface area contributed by atoms with Crippen LogP contribution in [0.15, 0.2) is 30.3 Å². The highest BCUT2D eigenvalue weighted by Crippen LogP contribution is 2.38. The van der Waals surface area contributed by atoms with Crippen LogP contribution in [0.3, 0.4) is 0 Å². The SMILES string of the molecule is BC(B)(B)NC(=O)c1nnc(NC(=O)C2CC2)cc1Nc1cccc(-c2cc(C(=O)NC(CO)CO)n(C)n2)c1OC. The van der Waals surface area contributed by atoms with Gasteiger partial charge >= 0.3 is 0 Å². The lowest BCUT2D eigenvalue weighted by atomic mass is 9.49. The fourth-order valence-electron chi connectivity index (χ4n) is 4.11. The van der Waals surface area contributed by atoms with Crippen LogP contribution < -0.4 is 26.0 Å². The smallest absolute Gasteiger partial charge is 0.272 e. The molecule has 0 saturated heterocycles. The Balaban J connectivity index is 1.70. The Morgan fingerprint density at radius 3 is 2.43 bits per heavy atom. The maximum atomic E-state index is 13.1. The number of aliphatic hydroxyl groups excluding tert-OH is 2. The number of hydrogen-bond acceptors (Lipinski definition) is 10. The summed E-state index contributed by atoms with van der Waals surface area (Å²) in [4.78, 5) is 38.2. The molecule has 17 heteroatoms. The standard InChI is InChI=1S/C25H33B3N8O6/c1-36-18(23(40)29-13(10-37)11-38)8-16(35-36)14-4-3-5-15(21(14)42-2)30-17-9-19(31-22(39)12-6-7-12)33-34-20(17)24(41)32-25(26,27)28/h3-5,8-9,12-13,37-38H,6-7,10-11,26-28H2,1-2H3,(H,29,40)(H,32,41)(H2,30,31,33,39). The molecule has 1 aromatic carbocycles. The van der Waals surface area contributed by atoms with Crippen LogP contribution >= 0.6 is 0 Å². The van der Waals surface area contributed by atoms with Gasteiger partial charge in [-0.05, 0) is 36.3 Å². The van der Waals surface area contributed by atoms with Crippen LogP contribution in [0, 0.1) is 5.92 Å². The second-order valence-corrected chi connectivity index (χ2v) is 11.0. The first-order chi connectivity index (χ1) is 19.9. The molecule has 0 bridgehead atoms. The lowest BCUT2D eigenvalue weighted by Gasteiger charge is -2.22. The van der Waals surface area contributed by atoms with Crippen molar-refractivity contribution in [2.75, 3.05) is 31.0 Å². The Morgan fingerprint density at radius 1 is 1.10 bits per heavy atom. The first-order valence-electron chi connectivity index (χ1n) is 13.5. The number of benzene rings is 1. The number of anilines is 3. The van der Waals surface area contributed by atoms with Gasteiger partial charge in [0.15, 0.2) is 17.3 Å². The summed E-state index contributed by atoms with van der Waals surface area (Å²) in [6.07, 6.45) is 1.64. The molecule has 1 aliphatic carbocycles. The summed E-state index contributed by atoms with van der Waals surface area (Å²) >= 11 is 0. The molecule has 1 fully saturated rings. The van der Waals surface area contributed by atoms with E-state index in [1.165, 1.54) is 11.8 Å². The highest BCUT2D eigenvalue weighted by Gasteiger charge is 2.30. The molecule has 0 aliphatic heterocycles. The molecule has 0 spiro atoms. The zero-order valence-corrected chi connectivity index (χ0v) is 24.2. The van der Waals surface area contributed by atoms with Crippen molar-refractivity contribution in [3.05, 3.63) is 41.7 Å². The number of ether oxygens (including phenoxy) is 1. The van der Waals surface area contributed by atoms with Gasteiger partial charge in [0.05, 0.1) is 43.4 Å². The van der Waals surface area contributed by atoms with Gasteiger partial charge in [0.25, 0.3) is 11.8 Å². The number of para-hydroxylation sites is 1. The number of nitrogens with zero attached hydrogens (tertiary/aromatic N) is 4. The molecule has 14 nitrogen and oxygen atoms in total. The Labute approximate surface area is 245 Å². The van der Waals surface area contributed by atoms with E-state index >= 15 is 0 Å². The minimum absolute atomic E-state index is 0.0147. The van der Waals surface area contributed by atoms with Crippen molar-refractivity contribution in [3.8, 4) is 17.0 Å². The van der Waals surface area contributed by atoms with Crippen LogP contribution in [-0.4, -0.2) is 103 Å². The van der Waals surface area contributed by atoms with E-state index in [0.29, 0.717) is 22.7 Å². The predicted octanol–water partition coefficient (Wildman–Crippen LogP) is -2.70. The molecule has 0 unspecified atom stereocenters. The van der Waals surface area contributed by atoms with Crippen LogP contribution in [0.25, 0.3) is 11.3 Å². The number of hydrogen-bond donors (Lipinski definition) is 6. The van der Waals surface area contributed by atoms with Gasteiger partial charge in [0, 0.05) is 24.6 Å². The highest BCUT2D eigenvalue weighted by atomic mass is 16.5. The topological polar surface area (TPSA) is 193 Å². The average Bonchev–Trinajstić information content (AvgIpc) is 3.72. The average molecular weight is 574 g/mol. The van der Waals surface area contributed by atoms with Gasteiger partial charge in [0.2, 0.25) is 5.91 Å². The van der Waals surface area contributed by atoms with Crippen LogP contribution in [0.2, 0.25) is 0 Å². The molecule has 6 N–H and O–H groups in total. The minimum atomic E-state index is -0.810. The number of aliphatic hydroxyl groups is 2. The van der Waals surface area contributed by atoms with Gasteiger partial charge in [-0.1, -0.05) is 6.07 Å². The highest BCUT2D eigenvalue weighted by molar-refractivity contribution is 6.60. The molecule has 1 saturated carbocycles. The largest absolute Gasteiger partial charge is 0.494 e. The van der Waals surface area contributed by atoms with Gasteiger partial charge < -0.3 is 36.2 Å². The first-order valence-corrected chi connectivity index (χ1v) is 13.5. The summed E-state index contributed by atoms with van der Waals surface area (Å²) in [5.74, 6) is -0.615. The van der Waals surface area contributed by atoms with Crippen molar-refractivity contribution in [2.24, 2.45) is 13.0 Å². The molecule has 4 rings (SSSR count). The summed E-state index contributed by atoms with van der Waals surface area (Å²) in [6.45, 7) is -0.833. The van der Waals surface area contributed by atoms with Crippen molar-refractivity contribution >= 4 is 58.5 Å². The third kappa shape index (κ3) is 7.28. The number of rotatable bonds is 12. The van der Waals surface area contributed by atoms with Gasteiger partial charge in [-0.3, -0.25) is 19.1 Å². The van der Waals surface area contributed by atoms with Crippen molar-refractivity contribution < 1.29 is 29.3 Å². The Hall–Kier alpha value is -4.37. The second-order valence-electron chi connectivity index (χ2n) is 11.0. The van der Waals surface area contributed by atoms with Crippen LogP contribution in [-0.2, 0) is 11.8 Å². The lowest BCUT2D eigenvalue weighted by Crippen LogP contribution is -2.50. The molecule has 0 radical (unpaired) electrons. The predicted molar refractivity (Wildman–Crippen MR) is 163 cm³/mol. The second kappa shape index (κ2) is 12.7. The van der Waals surface area contributed by atoms with E-state index in [2.05, 4.69) is 36.6 Å². The maximum Gasteiger partial charge on any atom is 0.272 e. The fraction of sp³-hybridized carbons (Fsp3) is 0.360. The van der Waals surface area contributed by atoms with Gasteiger partial charge in [0.1, 0.15) is 29.2 Å². The van der Waals surface area contributed by atoms with E-state index < -0.39 is 36.3 Å². The van der Waals surface area contributed by atoms with Crippen LogP contribution in [0.1, 0.15) is 33.8 Å². The molecule has 3 aromatic rings. The summed E-state index contributed by atoms with van der Waals surface area (Å²) < 4.78 is 7.12. The molecule has 218 valence electrons. The summed E-state index contributed by atoms with van der Waals surface area (Å²) in [5.41, 5.74) is 1.93. The van der Waals surface area contributed by atoms with Crippen molar-refractivity contribution in [1.29, 1.82) is 0 Å². The molecule has 2 heterocycles. The molecule has 1 aliphatic rings. The van der Waals surface area contributed by atoms with E-state index in [1.54, 1.807) is 37.4 Å².